The van der Waals surface area contributed by atoms with Crippen LogP contribution in [0.25, 0.3) is 0 Å². The van der Waals surface area contributed by atoms with Gasteiger partial charge >= 0.3 is 0 Å². The van der Waals surface area contributed by atoms with Crippen molar-refractivity contribution in [3.63, 3.8) is 0 Å². The molecule has 2 atom stereocenters. The fraction of sp³-hybridized carbons (Fsp3) is 0.571. The summed E-state index contributed by atoms with van der Waals surface area (Å²) in [4.78, 5) is 14.9. The molecule has 2 unspecified atom stereocenters. The molecule has 92 valence electrons. The number of anilines is 1. The summed E-state index contributed by atoms with van der Waals surface area (Å²) in [5, 5.41) is 3.10. The number of aromatic nitrogens is 1. The second-order valence-electron chi connectivity index (χ2n) is 4.71. The van der Waals surface area contributed by atoms with Crippen LogP contribution in [-0.2, 0) is 4.79 Å². The molecule has 3 fully saturated rings. The van der Waals surface area contributed by atoms with Gasteiger partial charge in [0.25, 0.3) is 0 Å². The number of pyridine rings is 1. The zero-order chi connectivity index (χ0) is 12.1. The third-order valence-corrected chi connectivity index (χ3v) is 3.50. The molecule has 1 N–H and O–H groups in total. The van der Waals surface area contributed by atoms with Gasteiger partial charge < -0.3 is 5.32 Å². The molecule has 3 heteroatoms. The third-order valence-electron chi connectivity index (χ3n) is 3.50. The SMILES string of the molecule is CCNc1ccccn1.O=C1C2CCCC1C2. The summed E-state index contributed by atoms with van der Waals surface area (Å²) in [6.45, 7) is 2.98. The summed E-state index contributed by atoms with van der Waals surface area (Å²) in [6.07, 6.45) is 6.68. The Hall–Kier alpha value is -1.38. The fourth-order valence-corrected chi connectivity index (χ4v) is 2.53. The number of carbonyl (C=O) groups excluding carboxylic acids is 1. The maximum atomic E-state index is 10.8. The van der Waals surface area contributed by atoms with Gasteiger partial charge in [-0.25, -0.2) is 4.98 Å². The molecule has 3 aliphatic rings. The van der Waals surface area contributed by atoms with E-state index in [-0.39, 0.29) is 0 Å². The first-order chi connectivity index (χ1) is 8.31. The first-order valence-electron chi connectivity index (χ1n) is 6.50. The van der Waals surface area contributed by atoms with Gasteiger partial charge in [-0.1, -0.05) is 12.5 Å². The predicted octanol–water partition coefficient (Wildman–Crippen LogP) is 2.89. The van der Waals surface area contributed by atoms with Crippen LogP contribution in [0.1, 0.15) is 32.6 Å². The summed E-state index contributed by atoms with van der Waals surface area (Å²) in [6, 6.07) is 5.81. The zero-order valence-electron chi connectivity index (χ0n) is 10.4. The molecule has 0 saturated heterocycles. The molecule has 0 aromatic carbocycles. The number of rotatable bonds is 2. The van der Waals surface area contributed by atoms with Gasteiger partial charge in [0, 0.05) is 24.6 Å². The quantitative estimate of drug-likeness (QED) is 0.852. The van der Waals surface area contributed by atoms with Crippen molar-refractivity contribution in [2.45, 2.75) is 32.6 Å². The smallest absolute Gasteiger partial charge is 0.139 e. The maximum absolute atomic E-state index is 10.8. The molecule has 1 heterocycles. The van der Waals surface area contributed by atoms with E-state index in [1.807, 2.05) is 18.2 Å². The molecule has 0 spiro atoms. The lowest BCUT2D eigenvalue weighted by Gasteiger charge is -2.38. The fourth-order valence-electron chi connectivity index (χ4n) is 2.53. The number of nitrogens with zero attached hydrogens (tertiary/aromatic N) is 1. The Kier molecular flexibility index (Phi) is 4.13. The number of Topliss-reactive ketones (excluding diaryl/α,β-unsaturated/α-hetero) is 1. The second kappa shape index (κ2) is 5.80. The lowest BCUT2D eigenvalue weighted by molar-refractivity contribution is -0.139. The molecule has 3 saturated carbocycles. The van der Waals surface area contributed by atoms with Crippen LogP contribution in [0, 0.1) is 11.8 Å². The van der Waals surface area contributed by atoms with E-state index in [0.29, 0.717) is 17.6 Å². The van der Waals surface area contributed by atoms with E-state index < -0.39 is 0 Å². The van der Waals surface area contributed by atoms with Crippen LogP contribution in [0.4, 0.5) is 5.82 Å². The Morgan fingerprint density at radius 2 is 2.12 bits per heavy atom. The van der Waals surface area contributed by atoms with E-state index in [9.17, 15) is 4.79 Å². The van der Waals surface area contributed by atoms with E-state index in [0.717, 1.165) is 12.4 Å². The van der Waals surface area contributed by atoms with Crippen LogP contribution in [0.2, 0.25) is 0 Å². The normalized spacial score (nSPS) is 25.4. The first kappa shape index (κ1) is 12.1. The van der Waals surface area contributed by atoms with Crippen LogP contribution in [0.5, 0.6) is 0 Å². The van der Waals surface area contributed by atoms with Gasteiger partial charge in [-0.2, -0.15) is 0 Å². The lowest BCUT2D eigenvalue weighted by atomic mass is 9.64. The molecular weight excluding hydrogens is 212 g/mol. The summed E-state index contributed by atoms with van der Waals surface area (Å²) in [5.74, 6) is 2.53. The molecule has 0 radical (unpaired) electrons. The number of hydrogen-bond acceptors (Lipinski definition) is 3. The molecule has 0 amide bonds. The maximum Gasteiger partial charge on any atom is 0.139 e. The molecule has 2 bridgehead atoms. The molecule has 17 heavy (non-hydrogen) atoms. The average Bonchev–Trinajstić information content (AvgIpc) is 2.41. The number of nitrogens with one attached hydrogen (secondary N) is 1. The van der Waals surface area contributed by atoms with Crippen LogP contribution < -0.4 is 5.32 Å². The van der Waals surface area contributed by atoms with Gasteiger partial charge in [0.05, 0.1) is 0 Å². The highest BCUT2D eigenvalue weighted by molar-refractivity contribution is 5.89. The predicted molar refractivity (Wildman–Crippen MR) is 68.9 cm³/mol. The van der Waals surface area contributed by atoms with Crippen LogP contribution in [-0.4, -0.2) is 17.3 Å². The van der Waals surface area contributed by atoms with Gasteiger partial charge in [0.2, 0.25) is 0 Å². The number of fused-ring (bicyclic) bond motifs is 2. The van der Waals surface area contributed by atoms with Gasteiger partial charge in [-0.05, 0) is 38.3 Å². The van der Waals surface area contributed by atoms with E-state index in [1.54, 1.807) is 6.20 Å². The minimum absolute atomic E-state index is 0.508. The van der Waals surface area contributed by atoms with E-state index in [4.69, 9.17) is 0 Å². The molecule has 1 aromatic heterocycles. The summed E-state index contributed by atoms with van der Waals surface area (Å²) < 4.78 is 0. The summed E-state index contributed by atoms with van der Waals surface area (Å²) >= 11 is 0. The van der Waals surface area contributed by atoms with Crippen molar-refractivity contribution < 1.29 is 4.79 Å². The van der Waals surface area contributed by atoms with Crippen molar-refractivity contribution in [2.75, 3.05) is 11.9 Å². The van der Waals surface area contributed by atoms with Crippen molar-refractivity contribution in [3.05, 3.63) is 24.4 Å². The first-order valence-corrected chi connectivity index (χ1v) is 6.50. The van der Waals surface area contributed by atoms with Crippen molar-refractivity contribution in [1.82, 2.24) is 4.98 Å². The number of hydrogen-bond donors (Lipinski definition) is 1. The standard InChI is InChI=1S/C7H10N2.C7H10O/c1-2-8-7-5-3-4-6-9-7;8-7-5-2-1-3-6(7)4-5/h3-6H,2H2,1H3,(H,8,9);5-6H,1-4H2. The highest BCUT2D eigenvalue weighted by atomic mass is 16.1. The second-order valence-corrected chi connectivity index (χ2v) is 4.71. The minimum Gasteiger partial charge on any atom is -0.370 e. The number of ketones is 1. The molecular formula is C14H20N2O. The van der Waals surface area contributed by atoms with Crippen molar-refractivity contribution in [2.24, 2.45) is 11.8 Å². The summed E-state index contributed by atoms with van der Waals surface area (Å²) in [7, 11) is 0. The van der Waals surface area contributed by atoms with Gasteiger partial charge in [-0.3, -0.25) is 4.79 Å². The van der Waals surface area contributed by atoms with Crippen LogP contribution >= 0.6 is 0 Å². The lowest BCUT2D eigenvalue weighted by Crippen LogP contribution is -2.40. The van der Waals surface area contributed by atoms with Crippen molar-refractivity contribution in [3.8, 4) is 0 Å². The molecule has 0 aliphatic heterocycles. The molecule has 3 nitrogen and oxygen atoms in total. The van der Waals surface area contributed by atoms with Gasteiger partial charge in [-0.15, -0.1) is 0 Å². The van der Waals surface area contributed by atoms with Crippen molar-refractivity contribution in [1.29, 1.82) is 0 Å². The largest absolute Gasteiger partial charge is 0.370 e. The minimum atomic E-state index is 0.508. The van der Waals surface area contributed by atoms with E-state index in [1.165, 1.54) is 25.7 Å². The highest BCUT2D eigenvalue weighted by Crippen LogP contribution is 2.41. The Labute approximate surface area is 103 Å². The Morgan fingerprint density at radius 3 is 2.53 bits per heavy atom. The average molecular weight is 232 g/mol. The topological polar surface area (TPSA) is 42.0 Å². The zero-order valence-corrected chi connectivity index (χ0v) is 10.4. The molecule has 3 aliphatic carbocycles. The highest BCUT2D eigenvalue weighted by Gasteiger charge is 2.41. The summed E-state index contributed by atoms with van der Waals surface area (Å²) in [5.41, 5.74) is 0. The molecule has 4 rings (SSSR count). The molecule has 1 aromatic rings. The van der Waals surface area contributed by atoms with Crippen LogP contribution in [0.15, 0.2) is 24.4 Å². The Bertz CT molecular complexity index is 348. The number of carbonyl (C=O) groups is 1. The van der Waals surface area contributed by atoms with Gasteiger partial charge in [0.1, 0.15) is 11.6 Å². The van der Waals surface area contributed by atoms with Crippen molar-refractivity contribution >= 4 is 11.6 Å². The Morgan fingerprint density at radius 1 is 1.35 bits per heavy atom. The van der Waals surface area contributed by atoms with Gasteiger partial charge in [0.15, 0.2) is 0 Å². The van der Waals surface area contributed by atoms with E-state index in [2.05, 4.69) is 17.2 Å². The van der Waals surface area contributed by atoms with Crippen LogP contribution in [0.3, 0.4) is 0 Å². The third kappa shape index (κ3) is 3.05. The van der Waals surface area contributed by atoms with E-state index >= 15 is 0 Å². The Balaban J connectivity index is 0.000000127. The monoisotopic (exact) mass is 232 g/mol.